The second kappa shape index (κ2) is 6.50. The maximum absolute atomic E-state index is 6.12. The molecule has 0 N–H and O–H groups in total. The Balaban J connectivity index is 1.86. The summed E-state index contributed by atoms with van der Waals surface area (Å²) < 4.78 is 7.78. The maximum atomic E-state index is 6.12. The highest BCUT2D eigenvalue weighted by molar-refractivity contribution is 6.30. The van der Waals surface area contributed by atoms with E-state index in [2.05, 4.69) is 11.6 Å². The largest absolute Gasteiger partial charge is 0.488 e. The minimum Gasteiger partial charge on any atom is -0.488 e. The summed E-state index contributed by atoms with van der Waals surface area (Å²) in [6, 6.07) is 15.6. The number of nitrogens with zero attached hydrogens (tertiary/aromatic N) is 2. The lowest BCUT2D eigenvalue weighted by Gasteiger charge is -2.14. The zero-order valence-corrected chi connectivity index (χ0v) is 12.7. The van der Waals surface area contributed by atoms with Crippen LogP contribution < -0.4 is 4.74 Å². The number of imidazole rings is 1. The quantitative estimate of drug-likeness (QED) is 0.686. The van der Waals surface area contributed by atoms with Gasteiger partial charge in [-0.25, -0.2) is 4.98 Å². The fraction of sp³-hybridized carbons (Fsp3) is 0.0556. The predicted octanol–water partition coefficient (Wildman–Crippen LogP) is 4.63. The lowest BCUT2D eigenvalue weighted by molar-refractivity contribution is 0.305. The lowest BCUT2D eigenvalue weighted by Crippen LogP contribution is -2.01. The molecular weight excluding hydrogens is 296 g/mol. The van der Waals surface area contributed by atoms with Crippen LogP contribution in [0.2, 0.25) is 5.02 Å². The molecule has 0 saturated heterocycles. The van der Waals surface area contributed by atoms with E-state index in [1.807, 2.05) is 59.3 Å². The van der Waals surface area contributed by atoms with Crippen molar-refractivity contribution < 1.29 is 4.74 Å². The van der Waals surface area contributed by atoms with E-state index in [0.717, 1.165) is 22.6 Å². The van der Waals surface area contributed by atoms with E-state index in [-0.39, 0.29) is 0 Å². The Kier molecular flexibility index (Phi) is 4.26. The van der Waals surface area contributed by atoms with E-state index in [4.69, 9.17) is 16.3 Å². The third-order valence-electron chi connectivity index (χ3n) is 3.31. The van der Waals surface area contributed by atoms with Crippen LogP contribution in [-0.2, 0) is 6.61 Å². The van der Waals surface area contributed by atoms with Gasteiger partial charge in [-0.2, -0.15) is 0 Å². The summed E-state index contributed by atoms with van der Waals surface area (Å²) in [4.78, 5) is 4.04. The van der Waals surface area contributed by atoms with Crippen molar-refractivity contribution in [3.63, 3.8) is 0 Å². The van der Waals surface area contributed by atoms with Crippen LogP contribution in [0.3, 0.4) is 0 Å². The highest BCUT2D eigenvalue weighted by Crippen LogP contribution is 2.29. The van der Waals surface area contributed by atoms with Gasteiger partial charge in [0.1, 0.15) is 12.4 Å². The van der Waals surface area contributed by atoms with E-state index in [1.165, 1.54) is 0 Å². The summed E-state index contributed by atoms with van der Waals surface area (Å²) in [5.41, 5.74) is 2.72. The zero-order chi connectivity index (χ0) is 15.4. The smallest absolute Gasteiger partial charge is 0.129 e. The van der Waals surface area contributed by atoms with Gasteiger partial charge in [0.2, 0.25) is 0 Å². The first kappa shape index (κ1) is 14.4. The second-order valence-corrected chi connectivity index (χ2v) is 5.27. The molecular formula is C18H15ClN2O. The molecule has 3 nitrogen and oxygen atoms in total. The number of aromatic nitrogens is 2. The van der Waals surface area contributed by atoms with E-state index >= 15 is 0 Å². The molecule has 0 saturated carbocycles. The summed E-state index contributed by atoms with van der Waals surface area (Å²) in [5.74, 6) is 0.743. The Morgan fingerprint density at radius 2 is 2.00 bits per heavy atom. The molecule has 0 fully saturated rings. The number of halogens is 1. The van der Waals surface area contributed by atoms with Crippen LogP contribution in [0.25, 0.3) is 5.70 Å². The van der Waals surface area contributed by atoms with Gasteiger partial charge in [0, 0.05) is 23.0 Å². The molecule has 3 aromatic rings. The highest BCUT2D eigenvalue weighted by atomic mass is 35.5. The molecule has 0 aliphatic heterocycles. The average Bonchev–Trinajstić information content (AvgIpc) is 3.08. The van der Waals surface area contributed by atoms with E-state index in [9.17, 15) is 0 Å². The molecule has 3 rings (SSSR count). The van der Waals surface area contributed by atoms with Crippen LogP contribution in [0.1, 0.15) is 11.1 Å². The number of hydrogen-bond acceptors (Lipinski definition) is 2. The Hall–Kier alpha value is -2.52. The van der Waals surface area contributed by atoms with E-state index in [0.29, 0.717) is 11.6 Å². The molecule has 0 aliphatic rings. The van der Waals surface area contributed by atoms with Crippen LogP contribution in [-0.4, -0.2) is 9.55 Å². The van der Waals surface area contributed by atoms with Crippen LogP contribution in [0, 0.1) is 0 Å². The first-order valence-electron chi connectivity index (χ1n) is 6.88. The van der Waals surface area contributed by atoms with Crippen LogP contribution >= 0.6 is 11.6 Å². The molecule has 2 aromatic carbocycles. The molecule has 22 heavy (non-hydrogen) atoms. The third-order valence-corrected chi connectivity index (χ3v) is 3.54. The van der Waals surface area contributed by atoms with Crippen molar-refractivity contribution in [1.29, 1.82) is 0 Å². The minimum atomic E-state index is 0.493. The number of hydrogen-bond donors (Lipinski definition) is 0. The summed E-state index contributed by atoms with van der Waals surface area (Å²) in [7, 11) is 0. The van der Waals surface area contributed by atoms with Crippen LogP contribution in [0.15, 0.2) is 73.8 Å². The lowest BCUT2D eigenvalue weighted by atomic mass is 10.1. The van der Waals surface area contributed by atoms with Gasteiger partial charge in [-0.3, -0.25) is 0 Å². The van der Waals surface area contributed by atoms with Crippen molar-refractivity contribution in [3.8, 4) is 5.75 Å². The van der Waals surface area contributed by atoms with Gasteiger partial charge in [-0.1, -0.05) is 48.5 Å². The Morgan fingerprint density at radius 3 is 2.73 bits per heavy atom. The van der Waals surface area contributed by atoms with Gasteiger partial charge in [-0.05, 0) is 23.8 Å². The number of rotatable bonds is 5. The SMILES string of the molecule is C=C(c1cc(Cl)ccc1OCc1ccccc1)n1ccnc1. The molecule has 0 bridgehead atoms. The second-order valence-electron chi connectivity index (χ2n) is 4.83. The standard InChI is InChI=1S/C18H15ClN2O/c1-14(21-10-9-20-13-21)17-11-16(19)7-8-18(17)22-12-15-5-3-2-4-6-15/h2-11,13H,1,12H2. The van der Waals surface area contributed by atoms with Crippen LogP contribution in [0.4, 0.5) is 0 Å². The predicted molar refractivity (Wildman–Crippen MR) is 88.9 cm³/mol. The van der Waals surface area contributed by atoms with Crippen molar-refractivity contribution in [1.82, 2.24) is 9.55 Å². The number of ether oxygens (including phenoxy) is 1. The first-order valence-corrected chi connectivity index (χ1v) is 7.26. The van der Waals surface area contributed by atoms with Gasteiger partial charge in [0.15, 0.2) is 0 Å². The molecule has 0 radical (unpaired) electrons. The monoisotopic (exact) mass is 310 g/mol. The Bertz CT molecular complexity index is 767. The van der Waals surface area contributed by atoms with Crippen molar-refractivity contribution in [2.24, 2.45) is 0 Å². The van der Waals surface area contributed by atoms with Crippen molar-refractivity contribution in [3.05, 3.63) is 90.0 Å². The van der Waals surface area contributed by atoms with Crippen molar-refractivity contribution in [2.75, 3.05) is 0 Å². The number of benzene rings is 2. The van der Waals surface area contributed by atoms with Gasteiger partial charge < -0.3 is 9.30 Å². The molecule has 110 valence electrons. The van der Waals surface area contributed by atoms with E-state index < -0.39 is 0 Å². The Labute approximate surface area is 134 Å². The maximum Gasteiger partial charge on any atom is 0.129 e. The molecule has 1 aromatic heterocycles. The molecule has 0 spiro atoms. The van der Waals surface area contributed by atoms with Crippen molar-refractivity contribution >= 4 is 17.3 Å². The van der Waals surface area contributed by atoms with E-state index in [1.54, 1.807) is 12.5 Å². The molecule has 0 aliphatic carbocycles. The normalized spacial score (nSPS) is 10.4. The first-order chi connectivity index (χ1) is 10.7. The van der Waals surface area contributed by atoms with Gasteiger partial charge >= 0.3 is 0 Å². The third kappa shape index (κ3) is 3.21. The Morgan fingerprint density at radius 1 is 1.18 bits per heavy atom. The van der Waals surface area contributed by atoms with Gasteiger partial charge in [0.25, 0.3) is 0 Å². The average molecular weight is 311 g/mol. The summed E-state index contributed by atoms with van der Waals surface area (Å²) >= 11 is 6.12. The topological polar surface area (TPSA) is 27.1 Å². The van der Waals surface area contributed by atoms with Gasteiger partial charge in [0.05, 0.1) is 12.0 Å². The fourth-order valence-electron chi connectivity index (χ4n) is 2.15. The molecule has 1 heterocycles. The summed E-state index contributed by atoms with van der Waals surface area (Å²) in [6.45, 7) is 4.60. The molecule has 0 amide bonds. The highest BCUT2D eigenvalue weighted by Gasteiger charge is 2.10. The molecule has 4 heteroatoms. The summed E-state index contributed by atoms with van der Waals surface area (Å²) in [6.07, 6.45) is 5.24. The minimum absolute atomic E-state index is 0.493. The van der Waals surface area contributed by atoms with Gasteiger partial charge in [-0.15, -0.1) is 0 Å². The summed E-state index contributed by atoms with van der Waals surface area (Å²) in [5, 5.41) is 0.642. The van der Waals surface area contributed by atoms with Crippen LogP contribution in [0.5, 0.6) is 5.75 Å². The molecule has 0 atom stereocenters. The fourth-order valence-corrected chi connectivity index (χ4v) is 2.32. The molecule has 0 unspecified atom stereocenters. The zero-order valence-electron chi connectivity index (χ0n) is 11.9. The van der Waals surface area contributed by atoms with Crippen molar-refractivity contribution in [2.45, 2.75) is 6.61 Å².